The van der Waals surface area contributed by atoms with Crippen LogP contribution >= 0.6 is 33.9 Å². The number of thiazole rings is 1. The Morgan fingerprint density at radius 2 is 1.72 bits per heavy atom. The minimum atomic E-state index is -0.807. The van der Waals surface area contributed by atoms with Crippen LogP contribution in [0.15, 0.2) is 76.2 Å². The number of halogens is 2. The largest absolute Gasteiger partial charge is 0.490 e. The molecule has 0 aliphatic carbocycles. The maximum absolute atomic E-state index is 14.0. The summed E-state index contributed by atoms with van der Waals surface area (Å²) in [7, 11) is 1.29. The molecular formula is C34H32FIN2O7S. The van der Waals surface area contributed by atoms with Crippen molar-refractivity contribution in [3.8, 4) is 23.0 Å². The number of esters is 1. The third-order valence-electron chi connectivity index (χ3n) is 6.91. The number of benzene rings is 3. The fourth-order valence-electron chi connectivity index (χ4n) is 5.00. The summed E-state index contributed by atoms with van der Waals surface area (Å²) in [5, 5.41) is 0. The molecular weight excluding hydrogens is 726 g/mol. The van der Waals surface area contributed by atoms with E-state index in [1.165, 1.54) is 41.3 Å². The Hall–Kier alpha value is -4.17. The van der Waals surface area contributed by atoms with Gasteiger partial charge in [-0.3, -0.25) is 9.36 Å². The zero-order chi connectivity index (χ0) is 32.8. The van der Waals surface area contributed by atoms with Gasteiger partial charge in [0.1, 0.15) is 12.4 Å². The lowest BCUT2D eigenvalue weighted by Gasteiger charge is -2.23. The van der Waals surface area contributed by atoms with E-state index in [9.17, 15) is 14.0 Å². The molecule has 1 aliphatic rings. The van der Waals surface area contributed by atoms with Gasteiger partial charge in [-0.05, 0) is 103 Å². The normalized spacial score (nSPS) is 14.2. The summed E-state index contributed by atoms with van der Waals surface area (Å²) in [6, 6.07) is 14.4. The van der Waals surface area contributed by atoms with Gasteiger partial charge in [0.05, 0.1) is 46.6 Å². The van der Waals surface area contributed by atoms with Crippen molar-refractivity contribution in [2.75, 3.05) is 26.9 Å². The highest BCUT2D eigenvalue weighted by molar-refractivity contribution is 14.1. The van der Waals surface area contributed by atoms with Gasteiger partial charge in [0.25, 0.3) is 5.56 Å². The Balaban J connectivity index is 1.57. The number of nitrogens with zero attached hydrogens (tertiary/aromatic N) is 2. The Morgan fingerprint density at radius 3 is 2.43 bits per heavy atom. The minimum Gasteiger partial charge on any atom is -0.490 e. The van der Waals surface area contributed by atoms with Gasteiger partial charge in [0, 0.05) is 6.20 Å². The lowest BCUT2D eigenvalue weighted by Crippen LogP contribution is -2.39. The summed E-state index contributed by atoms with van der Waals surface area (Å²) in [6.45, 7) is 7.02. The van der Waals surface area contributed by atoms with Gasteiger partial charge in [-0.15, -0.1) is 0 Å². The SMILES string of the molecule is CCOc1ccc([C@@H]2C(C(=O)OC)=CN=c3s/c(=C\c4cc(I)c(OCc5cccc(F)c5)c(OCC)c4)c(=O)n32)cc1OCC. The molecule has 0 spiro atoms. The van der Waals surface area contributed by atoms with Crippen LogP contribution in [0, 0.1) is 9.39 Å². The summed E-state index contributed by atoms with van der Waals surface area (Å²) >= 11 is 3.36. The molecule has 46 heavy (non-hydrogen) atoms. The second-order valence-electron chi connectivity index (χ2n) is 9.93. The molecule has 5 rings (SSSR count). The first-order valence-electron chi connectivity index (χ1n) is 14.6. The fraction of sp³-hybridized carbons (Fsp3) is 0.265. The molecule has 3 aromatic carbocycles. The first-order chi connectivity index (χ1) is 22.3. The first kappa shape index (κ1) is 33.2. The van der Waals surface area contributed by atoms with E-state index in [1.54, 1.807) is 42.5 Å². The second-order valence-corrected chi connectivity index (χ2v) is 12.1. The second kappa shape index (κ2) is 14.9. The molecule has 1 aromatic heterocycles. The number of carbonyl (C=O) groups is 1. The van der Waals surface area contributed by atoms with Crippen LogP contribution in [0.2, 0.25) is 0 Å². The van der Waals surface area contributed by atoms with Gasteiger partial charge in [-0.1, -0.05) is 29.5 Å². The molecule has 0 bridgehead atoms. The molecule has 0 fully saturated rings. The predicted molar refractivity (Wildman–Crippen MR) is 181 cm³/mol. The topological polar surface area (TPSA) is 97.6 Å². The van der Waals surface area contributed by atoms with E-state index in [0.29, 0.717) is 68.8 Å². The number of hydrogen-bond donors (Lipinski definition) is 0. The van der Waals surface area contributed by atoms with Gasteiger partial charge in [-0.2, -0.15) is 0 Å². The van der Waals surface area contributed by atoms with Crippen LogP contribution in [0.1, 0.15) is 43.5 Å². The number of methoxy groups -OCH3 is 1. The number of aromatic nitrogens is 1. The molecule has 2 heterocycles. The Kier molecular flexibility index (Phi) is 10.8. The van der Waals surface area contributed by atoms with Crippen molar-refractivity contribution in [1.29, 1.82) is 0 Å². The molecule has 0 N–H and O–H groups in total. The van der Waals surface area contributed by atoms with Crippen molar-refractivity contribution < 1.29 is 32.9 Å². The van der Waals surface area contributed by atoms with Crippen LogP contribution in [-0.4, -0.2) is 37.5 Å². The average Bonchev–Trinajstić information content (AvgIpc) is 3.35. The van der Waals surface area contributed by atoms with Crippen LogP contribution in [0.3, 0.4) is 0 Å². The third kappa shape index (κ3) is 7.12. The van der Waals surface area contributed by atoms with E-state index >= 15 is 0 Å². The third-order valence-corrected chi connectivity index (χ3v) is 8.71. The van der Waals surface area contributed by atoms with Crippen molar-refractivity contribution in [3.05, 3.63) is 112 Å². The van der Waals surface area contributed by atoms with E-state index in [4.69, 9.17) is 23.7 Å². The van der Waals surface area contributed by atoms with Crippen molar-refractivity contribution >= 4 is 46.0 Å². The molecule has 0 amide bonds. The standard InChI is InChI=1S/C34H32FIN2O7S/c1-5-42-26-12-11-22(17-27(26)43-6-2)30-24(33(40)41-4)18-37-34-38(30)32(39)29(46-34)16-21-14-25(36)31(28(15-21)44-7-3)45-19-20-9-8-10-23(35)13-20/h8-18,30H,5-7,19H2,1-4H3/b29-16-/t30-/m1/s1. The van der Waals surface area contributed by atoms with E-state index in [2.05, 4.69) is 27.6 Å². The lowest BCUT2D eigenvalue weighted by atomic mass is 9.97. The summed E-state index contributed by atoms with van der Waals surface area (Å²) in [6.07, 6.45) is 3.21. The van der Waals surface area contributed by atoms with E-state index in [0.717, 1.165) is 3.57 Å². The maximum Gasteiger partial charge on any atom is 0.337 e. The number of fused-ring (bicyclic) bond motifs is 1. The monoisotopic (exact) mass is 758 g/mol. The Bertz CT molecular complexity index is 1970. The Morgan fingerprint density at radius 1 is 0.978 bits per heavy atom. The van der Waals surface area contributed by atoms with Gasteiger partial charge >= 0.3 is 5.97 Å². The molecule has 240 valence electrons. The predicted octanol–water partition coefficient (Wildman–Crippen LogP) is 5.54. The van der Waals surface area contributed by atoms with Gasteiger partial charge in [0.15, 0.2) is 27.8 Å². The first-order valence-corrected chi connectivity index (χ1v) is 16.5. The quantitative estimate of drug-likeness (QED) is 0.138. The molecule has 0 saturated heterocycles. The summed E-state index contributed by atoms with van der Waals surface area (Å²) in [4.78, 5) is 31.8. The number of hydrogen-bond acceptors (Lipinski definition) is 9. The molecule has 1 aliphatic heterocycles. The van der Waals surface area contributed by atoms with Crippen molar-refractivity contribution in [1.82, 2.24) is 4.57 Å². The maximum atomic E-state index is 14.0. The van der Waals surface area contributed by atoms with Crippen LogP contribution < -0.4 is 33.8 Å². The molecule has 9 nitrogen and oxygen atoms in total. The molecule has 0 saturated carbocycles. The molecule has 0 radical (unpaired) electrons. The highest BCUT2D eigenvalue weighted by atomic mass is 127. The Labute approximate surface area is 282 Å². The van der Waals surface area contributed by atoms with E-state index in [1.807, 2.05) is 26.8 Å². The van der Waals surface area contributed by atoms with Crippen molar-refractivity contribution in [2.45, 2.75) is 33.4 Å². The number of carbonyl (C=O) groups excluding carboxylic acids is 1. The molecule has 12 heteroatoms. The van der Waals surface area contributed by atoms with Gasteiger partial charge < -0.3 is 23.7 Å². The van der Waals surface area contributed by atoms with E-state index < -0.39 is 12.0 Å². The summed E-state index contributed by atoms with van der Waals surface area (Å²) < 4.78 is 44.9. The fourth-order valence-corrected chi connectivity index (χ4v) is 6.75. The van der Waals surface area contributed by atoms with Crippen molar-refractivity contribution in [3.63, 3.8) is 0 Å². The number of ether oxygens (including phenoxy) is 5. The summed E-state index contributed by atoms with van der Waals surface area (Å²) in [5.74, 6) is 1.15. The van der Waals surface area contributed by atoms with Crippen LogP contribution in [0.5, 0.6) is 23.0 Å². The van der Waals surface area contributed by atoms with Crippen LogP contribution in [0.4, 0.5) is 4.39 Å². The van der Waals surface area contributed by atoms with Gasteiger partial charge in [0.2, 0.25) is 0 Å². The average molecular weight is 759 g/mol. The smallest absolute Gasteiger partial charge is 0.337 e. The zero-order valence-electron chi connectivity index (χ0n) is 25.7. The van der Waals surface area contributed by atoms with Crippen molar-refractivity contribution in [2.24, 2.45) is 4.99 Å². The molecule has 0 unspecified atom stereocenters. The van der Waals surface area contributed by atoms with Crippen LogP contribution in [0.25, 0.3) is 6.08 Å². The van der Waals surface area contributed by atoms with E-state index in [-0.39, 0.29) is 23.6 Å². The molecule has 4 aromatic rings. The lowest BCUT2D eigenvalue weighted by molar-refractivity contribution is -0.136. The minimum absolute atomic E-state index is 0.158. The van der Waals surface area contributed by atoms with Crippen LogP contribution in [-0.2, 0) is 16.1 Å². The highest BCUT2D eigenvalue weighted by Gasteiger charge is 2.31. The summed E-state index contributed by atoms with van der Waals surface area (Å²) in [5.41, 5.74) is 1.92. The van der Waals surface area contributed by atoms with Gasteiger partial charge in [-0.25, -0.2) is 14.2 Å². The highest BCUT2D eigenvalue weighted by Crippen LogP contribution is 2.36. The number of rotatable bonds is 12. The molecule has 1 atom stereocenters. The zero-order valence-corrected chi connectivity index (χ0v) is 28.6.